The number of amides is 1. The van der Waals surface area contributed by atoms with Crippen LogP contribution in [0.5, 0.6) is 0 Å². The highest BCUT2D eigenvalue weighted by atomic mass is 16.1. The van der Waals surface area contributed by atoms with E-state index in [1.54, 1.807) is 0 Å². The first-order chi connectivity index (χ1) is 14.6. The Morgan fingerprint density at radius 3 is 2.70 bits per heavy atom. The Labute approximate surface area is 175 Å². The largest absolute Gasteiger partial charge is 0.367 e. The highest BCUT2D eigenvalue weighted by molar-refractivity contribution is 5.95. The average Bonchev–Trinajstić information content (AvgIpc) is 3.46. The Morgan fingerprint density at radius 1 is 1.17 bits per heavy atom. The van der Waals surface area contributed by atoms with Gasteiger partial charge in [-0.1, -0.05) is 25.1 Å². The van der Waals surface area contributed by atoms with Crippen molar-refractivity contribution >= 4 is 28.4 Å². The molecule has 1 aliphatic rings. The maximum absolute atomic E-state index is 12.3. The molecule has 0 bridgehead atoms. The third-order valence-corrected chi connectivity index (χ3v) is 5.48. The second kappa shape index (κ2) is 7.44. The molecular weight excluding hydrogens is 374 g/mol. The molecule has 0 unspecified atom stereocenters. The van der Waals surface area contributed by atoms with Crippen molar-refractivity contribution in [2.45, 2.75) is 39.2 Å². The van der Waals surface area contributed by atoms with Gasteiger partial charge in [-0.2, -0.15) is 0 Å². The minimum Gasteiger partial charge on any atom is -0.367 e. The van der Waals surface area contributed by atoms with Gasteiger partial charge in [0.25, 0.3) is 5.91 Å². The van der Waals surface area contributed by atoms with Crippen LogP contribution in [-0.2, 0) is 0 Å². The lowest BCUT2D eigenvalue weighted by molar-refractivity contribution is 0.0951. The van der Waals surface area contributed by atoms with Crippen LogP contribution in [-0.4, -0.2) is 32.9 Å². The molecule has 1 aliphatic carbocycles. The van der Waals surface area contributed by atoms with E-state index in [0.717, 1.165) is 59.6 Å². The van der Waals surface area contributed by atoms with E-state index in [-0.39, 0.29) is 5.91 Å². The summed E-state index contributed by atoms with van der Waals surface area (Å²) in [5.41, 5.74) is 6.61. The van der Waals surface area contributed by atoms with E-state index in [1.807, 2.05) is 30.5 Å². The fourth-order valence-corrected chi connectivity index (χ4v) is 3.70. The number of rotatable bonds is 6. The fourth-order valence-electron chi connectivity index (χ4n) is 3.70. The number of hydrogen-bond acceptors (Lipinski definition) is 4. The standard InChI is InChI=1S/C24H25N5O/c1-3-12-25-22-23-26-14-21(29(23)20-11-4-15(2)13-19(20)28-22)16-5-7-17(8-6-16)24(30)27-18-9-10-18/h4-8,11,13-14,18H,3,9-10,12H2,1-2H3,(H,25,28)(H,27,30). The van der Waals surface area contributed by atoms with Crippen molar-refractivity contribution in [3.05, 3.63) is 59.8 Å². The molecule has 2 aromatic heterocycles. The summed E-state index contributed by atoms with van der Waals surface area (Å²) in [5.74, 6) is 0.792. The van der Waals surface area contributed by atoms with Crippen LogP contribution < -0.4 is 10.6 Å². The van der Waals surface area contributed by atoms with Gasteiger partial charge in [-0.25, -0.2) is 9.97 Å². The van der Waals surface area contributed by atoms with Crippen molar-refractivity contribution in [1.82, 2.24) is 19.7 Å². The van der Waals surface area contributed by atoms with Gasteiger partial charge in [0.05, 0.1) is 22.9 Å². The van der Waals surface area contributed by atoms with Gasteiger partial charge in [-0.3, -0.25) is 9.20 Å². The molecule has 1 fully saturated rings. The van der Waals surface area contributed by atoms with Crippen molar-refractivity contribution < 1.29 is 4.79 Å². The molecule has 0 atom stereocenters. The Bertz CT molecular complexity index is 1240. The van der Waals surface area contributed by atoms with Crippen molar-refractivity contribution in [3.63, 3.8) is 0 Å². The molecule has 5 rings (SSSR count). The molecule has 0 aliphatic heterocycles. The smallest absolute Gasteiger partial charge is 0.251 e. The van der Waals surface area contributed by atoms with Crippen LogP contribution in [0.2, 0.25) is 0 Å². The molecule has 6 heteroatoms. The first kappa shape index (κ1) is 18.6. The molecule has 0 radical (unpaired) electrons. The summed E-state index contributed by atoms with van der Waals surface area (Å²) in [7, 11) is 0. The van der Waals surface area contributed by atoms with Gasteiger partial charge >= 0.3 is 0 Å². The third-order valence-electron chi connectivity index (χ3n) is 5.48. The lowest BCUT2D eigenvalue weighted by Crippen LogP contribution is -2.25. The summed E-state index contributed by atoms with van der Waals surface area (Å²) in [5, 5.41) is 6.45. The van der Waals surface area contributed by atoms with E-state index in [9.17, 15) is 4.79 Å². The zero-order chi connectivity index (χ0) is 20.7. The Kier molecular flexibility index (Phi) is 4.62. The first-order valence-corrected chi connectivity index (χ1v) is 10.6. The predicted molar refractivity (Wildman–Crippen MR) is 120 cm³/mol. The number of carbonyl (C=O) groups is 1. The zero-order valence-corrected chi connectivity index (χ0v) is 17.3. The second-order valence-electron chi connectivity index (χ2n) is 8.01. The van der Waals surface area contributed by atoms with Crippen LogP contribution >= 0.6 is 0 Å². The predicted octanol–water partition coefficient (Wildman–Crippen LogP) is 4.57. The lowest BCUT2D eigenvalue weighted by atomic mass is 10.1. The minimum absolute atomic E-state index is 0.00151. The molecule has 2 aromatic carbocycles. The quantitative estimate of drug-likeness (QED) is 0.498. The number of fused-ring (bicyclic) bond motifs is 3. The molecule has 2 N–H and O–H groups in total. The van der Waals surface area contributed by atoms with Gasteiger partial charge in [-0.15, -0.1) is 0 Å². The topological polar surface area (TPSA) is 71.3 Å². The number of nitrogens with one attached hydrogen (secondary N) is 2. The minimum atomic E-state index is -0.00151. The second-order valence-corrected chi connectivity index (χ2v) is 8.01. The van der Waals surface area contributed by atoms with E-state index >= 15 is 0 Å². The molecule has 1 saturated carbocycles. The van der Waals surface area contributed by atoms with E-state index in [0.29, 0.717) is 11.6 Å². The molecule has 30 heavy (non-hydrogen) atoms. The molecule has 0 saturated heterocycles. The maximum Gasteiger partial charge on any atom is 0.251 e. The summed E-state index contributed by atoms with van der Waals surface area (Å²) in [6.07, 6.45) is 5.06. The van der Waals surface area contributed by atoms with Crippen LogP contribution in [0.25, 0.3) is 27.9 Å². The van der Waals surface area contributed by atoms with Gasteiger partial charge in [-0.05, 0) is 56.0 Å². The van der Waals surface area contributed by atoms with E-state index in [4.69, 9.17) is 4.98 Å². The molecular formula is C24H25N5O. The SMILES string of the molecule is CCCNc1nc2cc(C)ccc2n2c(-c3ccc(C(=O)NC4CC4)cc3)cnc12. The number of benzene rings is 2. The summed E-state index contributed by atoms with van der Waals surface area (Å²) in [6, 6.07) is 14.4. The number of aromatic nitrogens is 3. The van der Waals surface area contributed by atoms with Crippen LogP contribution in [0.15, 0.2) is 48.7 Å². The van der Waals surface area contributed by atoms with Crippen LogP contribution in [0.4, 0.5) is 5.82 Å². The first-order valence-electron chi connectivity index (χ1n) is 10.6. The molecule has 152 valence electrons. The van der Waals surface area contributed by atoms with Crippen LogP contribution in [0.3, 0.4) is 0 Å². The van der Waals surface area contributed by atoms with Gasteiger partial charge < -0.3 is 10.6 Å². The highest BCUT2D eigenvalue weighted by Crippen LogP contribution is 2.29. The van der Waals surface area contributed by atoms with Gasteiger partial charge in [0.2, 0.25) is 0 Å². The van der Waals surface area contributed by atoms with E-state index < -0.39 is 0 Å². The van der Waals surface area contributed by atoms with Gasteiger partial charge in [0.15, 0.2) is 11.5 Å². The summed E-state index contributed by atoms with van der Waals surface area (Å²) >= 11 is 0. The van der Waals surface area contributed by atoms with Crippen molar-refractivity contribution in [2.24, 2.45) is 0 Å². The molecule has 0 spiro atoms. The third kappa shape index (κ3) is 3.38. The summed E-state index contributed by atoms with van der Waals surface area (Å²) in [4.78, 5) is 21.8. The highest BCUT2D eigenvalue weighted by Gasteiger charge is 2.23. The number of imidazole rings is 1. The monoisotopic (exact) mass is 399 g/mol. The van der Waals surface area contributed by atoms with E-state index in [1.165, 1.54) is 5.56 Å². The van der Waals surface area contributed by atoms with Crippen molar-refractivity contribution in [3.8, 4) is 11.3 Å². The number of nitrogens with zero attached hydrogens (tertiary/aromatic N) is 3. The number of anilines is 1. The molecule has 1 amide bonds. The van der Waals surface area contributed by atoms with Crippen molar-refractivity contribution in [1.29, 1.82) is 0 Å². The van der Waals surface area contributed by atoms with Crippen molar-refractivity contribution in [2.75, 3.05) is 11.9 Å². The van der Waals surface area contributed by atoms with Crippen LogP contribution in [0.1, 0.15) is 42.1 Å². The van der Waals surface area contributed by atoms with Gasteiger partial charge in [0.1, 0.15) is 0 Å². The molecule has 4 aromatic rings. The molecule has 2 heterocycles. The fraction of sp³-hybridized carbons (Fsp3) is 0.292. The number of carbonyl (C=O) groups excluding carboxylic acids is 1. The number of aryl methyl sites for hydroxylation is 1. The normalized spacial score (nSPS) is 13.7. The van der Waals surface area contributed by atoms with Crippen LogP contribution in [0, 0.1) is 6.92 Å². The summed E-state index contributed by atoms with van der Waals surface area (Å²) in [6.45, 7) is 5.05. The summed E-state index contributed by atoms with van der Waals surface area (Å²) < 4.78 is 2.15. The zero-order valence-electron chi connectivity index (χ0n) is 17.3. The molecule has 6 nitrogen and oxygen atoms in total. The average molecular weight is 399 g/mol. The van der Waals surface area contributed by atoms with Gasteiger partial charge in [0, 0.05) is 23.7 Å². The Hall–Kier alpha value is -3.41. The number of hydrogen-bond donors (Lipinski definition) is 2. The van der Waals surface area contributed by atoms with E-state index in [2.05, 4.69) is 52.1 Å². The maximum atomic E-state index is 12.3. The lowest BCUT2D eigenvalue weighted by Gasteiger charge is -2.12. The Morgan fingerprint density at radius 2 is 1.97 bits per heavy atom. The Balaban J connectivity index is 1.61.